The lowest BCUT2D eigenvalue weighted by molar-refractivity contribution is 0.377. The van der Waals surface area contributed by atoms with E-state index in [2.05, 4.69) is 21.8 Å². The van der Waals surface area contributed by atoms with Crippen LogP contribution in [0.2, 0.25) is 0 Å². The maximum absolute atomic E-state index is 6.10. The summed E-state index contributed by atoms with van der Waals surface area (Å²) in [5, 5.41) is 0. The molecule has 1 aromatic rings. The number of anilines is 1. The quantitative estimate of drug-likeness (QED) is 0.774. The Bertz CT molecular complexity index is 357. The molecule has 2 rings (SSSR count). The molecule has 0 radical (unpaired) electrons. The van der Waals surface area contributed by atoms with E-state index in [1.165, 1.54) is 0 Å². The van der Waals surface area contributed by atoms with Gasteiger partial charge in [-0.25, -0.2) is 9.97 Å². The smallest absolute Gasteiger partial charge is 0.132 e. The van der Waals surface area contributed by atoms with E-state index >= 15 is 0 Å². The van der Waals surface area contributed by atoms with Gasteiger partial charge in [0, 0.05) is 30.9 Å². The topological polar surface area (TPSA) is 55.0 Å². The zero-order chi connectivity index (χ0) is 11.7. The van der Waals surface area contributed by atoms with Crippen molar-refractivity contribution in [1.29, 1.82) is 0 Å². The maximum Gasteiger partial charge on any atom is 0.132 e. The molecule has 0 saturated carbocycles. The molecular weight excluding hydrogens is 200 g/mol. The summed E-state index contributed by atoms with van der Waals surface area (Å²) >= 11 is 0. The monoisotopic (exact) mass is 220 g/mol. The highest BCUT2D eigenvalue weighted by molar-refractivity contribution is 5.40. The van der Waals surface area contributed by atoms with E-state index in [-0.39, 0.29) is 6.04 Å². The van der Waals surface area contributed by atoms with Gasteiger partial charge in [-0.1, -0.05) is 6.92 Å². The second-order valence-corrected chi connectivity index (χ2v) is 4.79. The average molecular weight is 220 g/mol. The Balaban J connectivity index is 2.18. The van der Waals surface area contributed by atoms with Gasteiger partial charge in [-0.3, -0.25) is 0 Å². The van der Waals surface area contributed by atoms with Crippen molar-refractivity contribution in [2.24, 2.45) is 11.7 Å². The van der Waals surface area contributed by atoms with Crippen molar-refractivity contribution in [3.63, 3.8) is 0 Å². The number of hydrogen-bond acceptors (Lipinski definition) is 4. The van der Waals surface area contributed by atoms with Gasteiger partial charge in [0.05, 0.1) is 0 Å². The van der Waals surface area contributed by atoms with Crippen LogP contribution < -0.4 is 10.6 Å². The van der Waals surface area contributed by atoms with Crippen molar-refractivity contribution < 1.29 is 0 Å². The van der Waals surface area contributed by atoms with Crippen LogP contribution in [0.3, 0.4) is 0 Å². The summed E-state index contributed by atoms with van der Waals surface area (Å²) in [5.74, 6) is 2.47. The van der Waals surface area contributed by atoms with E-state index < -0.39 is 0 Å². The third-order valence-electron chi connectivity index (χ3n) is 3.29. The lowest BCUT2D eigenvalue weighted by Gasteiger charge is -2.35. The molecule has 0 bridgehead atoms. The summed E-state index contributed by atoms with van der Waals surface area (Å²) in [7, 11) is 0. The first-order chi connectivity index (χ1) is 7.56. The van der Waals surface area contributed by atoms with Crippen LogP contribution in [0.4, 0.5) is 5.82 Å². The van der Waals surface area contributed by atoms with Crippen molar-refractivity contribution in [3.05, 3.63) is 17.6 Å². The molecule has 88 valence electrons. The fourth-order valence-electron chi connectivity index (χ4n) is 2.17. The molecule has 1 aliphatic heterocycles. The van der Waals surface area contributed by atoms with Crippen LogP contribution in [0.25, 0.3) is 0 Å². The molecule has 4 nitrogen and oxygen atoms in total. The molecule has 1 saturated heterocycles. The van der Waals surface area contributed by atoms with Crippen LogP contribution in [-0.2, 0) is 0 Å². The first-order valence-corrected chi connectivity index (χ1v) is 5.89. The minimum absolute atomic E-state index is 0.254. The second-order valence-electron chi connectivity index (χ2n) is 4.79. The van der Waals surface area contributed by atoms with Gasteiger partial charge in [-0.2, -0.15) is 0 Å². The van der Waals surface area contributed by atoms with Crippen molar-refractivity contribution in [2.45, 2.75) is 33.2 Å². The van der Waals surface area contributed by atoms with E-state index in [0.717, 1.165) is 36.8 Å². The first-order valence-electron chi connectivity index (χ1n) is 5.89. The van der Waals surface area contributed by atoms with E-state index in [0.29, 0.717) is 5.92 Å². The number of aromatic nitrogens is 2. The zero-order valence-corrected chi connectivity index (χ0v) is 10.3. The molecular formula is C12H20N4. The minimum Gasteiger partial charge on any atom is -0.355 e. The Morgan fingerprint density at radius 1 is 1.38 bits per heavy atom. The average Bonchev–Trinajstić information content (AvgIpc) is 2.20. The molecule has 0 aromatic carbocycles. The third-order valence-corrected chi connectivity index (χ3v) is 3.29. The lowest BCUT2D eigenvalue weighted by atomic mass is 9.94. The first kappa shape index (κ1) is 11.3. The summed E-state index contributed by atoms with van der Waals surface area (Å²) in [6.45, 7) is 8.11. The Morgan fingerprint density at radius 3 is 2.75 bits per heavy atom. The van der Waals surface area contributed by atoms with Gasteiger partial charge in [0.1, 0.15) is 11.6 Å². The van der Waals surface area contributed by atoms with Crippen LogP contribution in [0.15, 0.2) is 6.07 Å². The molecule has 0 spiro atoms. The third kappa shape index (κ3) is 2.32. The molecule has 1 aromatic heterocycles. The summed E-state index contributed by atoms with van der Waals surface area (Å²) < 4.78 is 0. The van der Waals surface area contributed by atoms with Gasteiger partial charge < -0.3 is 10.6 Å². The number of nitrogens with zero attached hydrogens (tertiary/aromatic N) is 3. The van der Waals surface area contributed by atoms with Gasteiger partial charge in [-0.05, 0) is 26.2 Å². The number of rotatable bonds is 1. The molecule has 1 aliphatic rings. The van der Waals surface area contributed by atoms with Crippen LogP contribution in [0.1, 0.15) is 24.9 Å². The predicted octanol–water partition coefficient (Wildman–Crippen LogP) is 1.27. The van der Waals surface area contributed by atoms with Gasteiger partial charge in [0.25, 0.3) is 0 Å². The van der Waals surface area contributed by atoms with Crippen LogP contribution >= 0.6 is 0 Å². The minimum atomic E-state index is 0.254. The SMILES string of the molecule is Cc1cc(N2CCC(C)C(N)C2)nc(C)n1. The number of nitrogens with two attached hydrogens (primary N) is 1. The number of hydrogen-bond donors (Lipinski definition) is 1. The van der Waals surface area contributed by atoms with Crippen molar-refractivity contribution >= 4 is 5.82 Å². The summed E-state index contributed by atoms with van der Waals surface area (Å²) in [6, 6.07) is 2.29. The summed E-state index contributed by atoms with van der Waals surface area (Å²) in [4.78, 5) is 11.0. The van der Waals surface area contributed by atoms with Gasteiger partial charge in [0.15, 0.2) is 0 Å². The van der Waals surface area contributed by atoms with Crippen molar-refractivity contribution in [1.82, 2.24) is 9.97 Å². The lowest BCUT2D eigenvalue weighted by Crippen LogP contribution is -2.48. The van der Waals surface area contributed by atoms with E-state index in [9.17, 15) is 0 Å². The standard InChI is InChI=1S/C12H20N4/c1-8-4-5-16(7-11(8)13)12-6-9(2)14-10(3)15-12/h6,8,11H,4-5,7,13H2,1-3H3. The van der Waals surface area contributed by atoms with Gasteiger partial charge in [-0.15, -0.1) is 0 Å². The Labute approximate surface area is 96.9 Å². The van der Waals surface area contributed by atoms with Crippen molar-refractivity contribution in [2.75, 3.05) is 18.0 Å². The molecule has 2 unspecified atom stereocenters. The largest absolute Gasteiger partial charge is 0.355 e. The molecule has 2 N–H and O–H groups in total. The molecule has 0 aliphatic carbocycles. The highest BCUT2D eigenvalue weighted by atomic mass is 15.2. The molecule has 1 fully saturated rings. The highest BCUT2D eigenvalue weighted by Crippen LogP contribution is 2.21. The normalized spacial score (nSPS) is 25.9. The molecule has 2 heterocycles. The van der Waals surface area contributed by atoms with Gasteiger partial charge >= 0.3 is 0 Å². The Morgan fingerprint density at radius 2 is 2.12 bits per heavy atom. The summed E-state index contributed by atoms with van der Waals surface area (Å²) in [5.41, 5.74) is 7.12. The number of piperidine rings is 1. The van der Waals surface area contributed by atoms with E-state index in [1.807, 2.05) is 19.9 Å². The maximum atomic E-state index is 6.10. The molecule has 4 heteroatoms. The summed E-state index contributed by atoms with van der Waals surface area (Å²) in [6.07, 6.45) is 1.14. The van der Waals surface area contributed by atoms with Crippen LogP contribution in [-0.4, -0.2) is 29.1 Å². The van der Waals surface area contributed by atoms with Crippen molar-refractivity contribution in [3.8, 4) is 0 Å². The highest BCUT2D eigenvalue weighted by Gasteiger charge is 2.24. The zero-order valence-electron chi connectivity index (χ0n) is 10.3. The fourth-order valence-corrected chi connectivity index (χ4v) is 2.17. The Hall–Kier alpha value is -1.16. The van der Waals surface area contributed by atoms with E-state index in [4.69, 9.17) is 5.73 Å². The molecule has 2 atom stereocenters. The van der Waals surface area contributed by atoms with E-state index in [1.54, 1.807) is 0 Å². The predicted molar refractivity (Wildman–Crippen MR) is 65.5 cm³/mol. The second kappa shape index (κ2) is 4.37. The molecule has 0 amide bonds. The number of aryl methyl sites for hydroxylation is 2. The van der Waals surface area contributed by atoms with Crippen LogP contribution in [0.5, 0.6) is 0 Å². The fraction of sp³-hybridized carbons (Fsp3) is 0.667. The Kier molecular flexibility index (Phi) is 3.10. The van der Waals surface area contributed by atoms with Crippen LogP contribution in [0, 0.1) is 19.8 Å². The molecule has 16 heavy (non-hydrogen) atoms. The van der Waals surface area contributed by atoms with Gasteiger partial charge in [0.2, 0.25) is 0 Å².